The molecule has 0 aliphatic rings. The molecule has 0 unspecified atom stereocenters. The van der Waals surface area contributed by atoms with Crippen molar-refractivity contribution in [3.05, 3.63) is 29.8 Å². The van der Waals surface area contributed by atoms with Crippen LogP contribution in [0.3, 0.4) is 0 Å². The molecule has 0 atom stereocenters. The molecule has 0 saturated heterocycles. The summed E-state index contributed by atoms with van der Waals surface area (Å²) >= 11 is 3.48. The molecule has 0 fully saturated rings. The van der Waals surface area contributed by atoms with Crippen molar-refractivity contribution < 1.29 is 4.74 Å². The Labute approximate surface area is 133 Å². The third-order valence-corrected chi connectivity index (χ3v) is 4.14. The minimum absolute atomic E-state index is 0.745. The fraction of sp³-hybridized carbons (Fsp3) is 0.667. The predicted octanol–water partition coefficient (Wildman–Crippen LogP) is 6.14. The topological polar surface area (TPSA) is 9.23 Å². The Bertz CT molecular complexity index is 321. The van der Waals surface area contributed by atoms with Crippen molar-refractivity contribution in [1.82, 2.24) is 0 Å². The van der Waals surface area contributed by atoms with Gasteiger partial charge in [-0.15, -0.1) is 0 Å². The molecule has 0 aliphatic carbocycles. The number of hydrogen-bond acceptors (Lipinski definition) is 1. The zero-order valence-electron chi connectivity index (χ0n) is 12.9. The first-order valence-electron chi connectivity index (χ1n) is 8.14. The van der Waals surface area contributed by atoms with E-state index in [0.29, 0.717) is 0 Å². The number of rotatable bonds is 12. The van der Waals surface area contributed by atoms with Gasteiger partial charge in [0, 0.05) is 5.33 Å². The Morgan fingerprint density at radius 2 is 1.35 bits per heavy atom. The molecule has 0 N–H and O–H groups in total. The van der Waals surface area contributed by atoms with Crippen molar-refractivity contribution in [2.24, 2.45) is 0 Å². The summed E-state index contributed by atoms with van der Waals surface area (Å²) in [5, 5.41) is 1.16. The lowest BCUT2D eigenvalue weighted by molar-refractivity contribution is 0.340. The fourth-order valence-electron chi connectivity index (χ4n) is 2.40. The molecule has 2 heteroatoms. The van der Waals surface area contributed by atoms with Gasteiger partial charge in [-0.2, -0.15) is 0 Å². The van der Waals surface area contributed by atoms with Gasteiger partial charge in [0.05, 0.1) is 6.61 Å². The molecule has 0 amide bonds. The van der Waals surface area contributed by atoms with Gasteiger partial charge in [0.25, 0.3) is 0 Å². The summed E-state index contributed by atoms with van der Waals surface area (Å²) < 4.78 is 5.46. The lowest BCUT2D eigenvalue weighted by atomic mass is 10.0. The predicted molar refractivity (Wildman–Crippen MR) is 92.0 cm³/mol. The molecule has 0 bridgehead atoms. The van der Waals surface area contributed by atoms with Gasteiger partial charge in [-0.1, -0.05) is 66.6 Å². The molecule has 0 aromatic heterocycles. The van der Waals surface area contributed by atoms with Crippen LogP contribution in [-0.2, 0) is 6.42 Å². The van der Waals surface area contributed by atoms with Gasteiger partial charge in [0.1, 0.15) is 5.75 Å². The quantitative estimate of drug-likeness (QED) is 0.327. The summed E-state index contributed by atoms with van der Waals surface area (Å²) in [6.45, 7) is 2.77. The van der Waals surface area contributed by atoms with E-state index in [9.17, 15) is 0 Å². The van der Waals surface area contributed by atoms with Gasteiger partial charge in [0.15, 0.2) is 0 Å². The van der Waals surface area contributed by atoms with E-state index in [0.717, 1.165) is 17.7 Å². The van der Waals surface area contributed by atoms with Crippen LogP contribution in [0.15, 0.2) is 24.3 Å². The summed E-state index contributed by atoms with van der Waals surface area (Å²) in [6, 6.07) is 8.57. The molecular formula is C18H29BrO. The number of aryl methyl sites for hydroxylation is 1. The smallest absolute Gasteiger partial charge is 0.119 e. The van der Waals surface area contributed by atoms with E-state index in [1.165, 1.54) is 63.4 Å². The monoisotopic (exact) mass is 340 g/mol. The average Bonchev–Trinajstić information content (AvgIpc) is 2.47. The van der Waals surface area contributed by atoms with E-state index in [-0.39, 0.29) is 0 Å². The highest BCUT2D eigenvalue weighted by Crippen LogP contribution is 2.15. The normalized spacial score (nSPS) is 10.7. The van der Waals surface area contributed by atoms with Crippen LogP contribution in [0.25, 0.3) is 0 Å². The average molecular weight is 341 g/mol. The van der Waals surface area contributed by atoms with Gasteiger partial charge in [0.2, 0.25) is 0 Å². The molecule has 114 valence electrons. The SMILES string of the molecule is CCOc1ccc(CCCCCCCCCCBr)cc1. The Kier molecular flexibility index (Phi) is 10.8. The summed E-state index contributed by atoms with van der Waals surface area (Å²) in [5.41, 5.74) is 1.44. The third-order valence-electron chi connectivity index (χ3n) is 3.58. The van der Waals surface area contributed by atoms with Crippen molar-refractivity contribution in [3.8, 4) is 5.75 Å². The number of alkyl halides is 1. The van der Waals surface area contributed by atoms with E-state index in [4.69, 9.17) is 4.74 Å². The second-order valence-electron chi connectivity index (χ2n) is 5.34. The molecule has 0 aliphatic heterocycles. The van der Waals surface area contributed by atoms with Gasteiger partial charge in [-0.05, 0) is 43.9 Å². The van der Waals surface area contributed by atoms with Gasteiger partial charge < -0.3 is 4.74 Å². The standard InChI is InChI=1S/C18H29BrO/c1-2-20-18-14-12-17(13-15-18)11-9-7-5-3-4-6-8-10-16-19/h12-15H,2-11,16H2,1H3. The first-order chi connectivity index (χ1) is 9.86. The first kappa shape index (κ1) is 17.6. The van der Waals surface area contributed by atoms with E-state index in [1.807, 2.05) is 6.92 Å². The molecule has 0 radical (unpaired) electrons. The van der Waals surface area contributed by atoms with Crippen LogP contribution in [-0.4, -0.2) is 11.9 Å². The van der Waals surface area contributed by atoms with Crippen molar-refractivity contribution in [1.29, 1.82) is 0 Å². The summed E-state index contributed by atoms with van der Waals surface area (Å²) in [6.07, 6.45) is 12.2. The van der Waals surface area contributed by atoms with Crippen molar-refractivity contribution in [2.45, 2.75) is 64.7 Å². The third kappa shape index (κ3) is 8.63. The van der Waals surface area contributed by atoms with Crippen LogP contribution in [0, 0.1) is 0 Å². The Balaban J connectivity index is 1.98. The maximum Gasteiger partial charge on any atom is 0.119 e. The Morgan fingerprint density at radius 1 is 0.800 bits per heavy atom. The van der Waals surface area contributed by atoms with Crippen molar-refractivity contribution in [3.63, 3.8) is 0 Å². The number of unbranched alkanes of at least 4 members (excludes halogenated alkanes) is 7. The minimum Gasteiger partial charge on any atom is -0.494 e. The van der Waals surface area contributed by atoms with Crippen LogP contribution < -0.4 is 4.74 Å². The highest BCUT2D eigenvalue weighted by molar-refractivity contribution is 9.09. The summed E-state index contributed by atoms with van der Waals surface area (Å²) in [5.74, 6) is 0.986. The van der Waals surface area contributed by atoms with Gasteiger partial charge in [-0.3, -0.25) is 0 Å². The van der Waals surface area contributed by atoms with Crippen LogP contribution in [0.4, 0.5) is 0 Å². The van der Waals surface area contributed by atoms with E-state index in [1.54, 1.807) is 0 Å². The van der Waals surface area contributed by atoms with E-state index < -0.39 is 0 Å². The maximum absolute atomic E-state index is 5.46. The molecule has 0 saturated carbocycles. The highest BCUT2D eigenvalue weighted by atomic mass is 79.9. The van der Waals surface area contributed by atoms with Crippen LogP contribution in [0.1, 0.15) is 63.9 Å². The van der Waals surface area contributed by atoms with Crippen molar-refractivity contribution in [2.75, 3.05) is 11.9 Å². The number of hydrogen-bond donors (Lipinski definition) is 0. The molecule has 1 rings (SSSR count). The van der Waals surface area contributed by atoms with E-state index in [2.05, 4.69) is 40.2 Å². The molecular weight excluding hydrogens is 312 g/mol. The second-order valence-corrected chi connectivity index (χ2v) is 6.14. The van der Waals surface area contributed by atoms with E-state index >= 15 is 0 Å². The van der Waals surface area contributed by atoms with Crippen LogP contribution in [0.5, 0.6) is 5.75 Å². The largest absolute Gasteiger partial charge is 0.494 e. The van der Waals surface area contributed by atoms with Gasteiger partial charge in [-0.25, -0.2) is 0 Å². The minimum atomic E-state index is 0.745. The maximum atomic E-state index is 5.46. The molecule has 1 nitrogen and oxygen atoms in total. The molecule has 20 heavy (non-hydrogen) atoms. The van der Waals surface area contributed by atoms with Crippen molar-refractivity contribution >= 4 is 15.9 Å². The lowest BCUT2D eigenvalue weighted by Gasteiger charge is -2.05. The molecule has 1 aromatic carbocycles. The number of halogens is 1. The fourth-order valence-corrected chi connectivity index (χ4v) is 2.80. The Hall–Kier alpha value is -0.500. The summed E-state index contributed by atoms with van der Waals surface area (Å²) in [4.78, 5) is 0. The first-order valence-corrected chi connectivity index (χ1v) is 9.26. The van der Waals surface area contributed by atoms with Crippen LogP contribution >= 0.6 is 15.9 Å². The second kappa shape index (κ2) is 12.3. The molecule has 1 aromatic rings. The number of benzene rings is 1. The van der Waals surface area contributed by atoms with Crippen LogP contribution in [0.2, 0.25) is 0 Å². The van der Waals surface area contributed by atoms with Gasteiger partial charge >= 0.3 is 0 Å². The zero-order valence-corrected chi connectivity index (χ0v) is 14.5. The summed E-state index contributed by atoms with van der Waals surface area (Å²) in [7, 11) is 0. The molecule has 0 spiro atoms. The Morgan fingerprint density at radius 3 is 1.90 bits per heavy atom. The molecule has 0 heterocycles. The highest BCUT2D eigenvalue weighted by Gasteiger charge is 1.96. The zero-order chi connectivity index (χ0) is 14.5. The number of ether oxygens (including phenoxy) is 1. The lowest BCUT2D eigenvalue weighted by Crippen LogP contribution is -1.92.